The molecule has 1 N–H and O–H groups in total. The minimum absolute atomic E-state index is 0.186. The van der Waals surface area contributed by atoms with Gasteiger partial charge in [-0.25, -0.2) is 4.79 Å². The van der Waals surface area contributed by atoms with Crippen molar-refractivity contribution in [2.75, 3.05) is 20.2 Å². The molecule has 6 heteroatoms. The van der Waals surface area contributed by atoms with Crippen LogP contribution in [0.1, 0.15) is 23.2 Å². The van der Waals surface area contributed by atoms with Gasteiger partial charge in [0, 0.05) is 7.05 Å². The van der Waals surface area contributed by atoms with Crippen molar-refractivity contribution >= 4 is 11.9 Å². The van der Waals surface area contributed by atoms with E-state index in [0.717, 1.165) is 11.1 Å². The van der Waals surface area contributed by atoms with Gasteiger partial charge in [0.1, 0.15) is 12.1 Å². The van der Waals surface area contributed by atoms with E-state index in [-0.39, 0.29) is 24.6 Å². The zero-order valence-electron chi connectivity index (χ0n) is 11.8. The fourth-order valence-corrected chi connectivity index (χ4v) is 2.97. The Morgan fingerprint density at radius 1 is 1.48 bits per heavy atom. The molecular formula is C15H17N3O3. The highest BCUT2D eigenvalue weighted by atomic mass is 16.7. The van der Waals surface area contributed by atoms with Gasteiger partial charge in [0.2, 0.25) is 5.91 Å². The zero-order chi connectivity index (χ0) is 15.0. The molecule has 0 aliphatic carbocycles. The lowest BCUT2D eigenvalue weighted by Crippen LogP contribution is -2.42. The maximum absolute atomic E-state index is 12.5. The molecule has 1 aromatic rings. The van der Waals surface area contributed by atoms with Gasteiger partial charge in [0.15, 0.2) is 0 Å². The molecule has 110 valence electrons. The summed E-state index contributed by atoms with van der Waals surface area (Å²) in [7, 11) is 1.57. The van der Waals surface area contributed by atoms with Crippen LogP contribution in [0.4, 0.5) is 4.79 Å². The summed E-state index contributed by atoms with van der Waals surface area (Å²) < 4.78 is 0. The lowest BCUT2D eigenvalue weighted by molar-refractivity contribution is -0.125. The standard InChI is InChI=1S/C15H17N3O3/c1-3-8-21-18-12-9-17(15(18)20)13(14(19)16-2)11-7-5-4-6-10(11)12/h3-7,12-13H,1,8-9H2,2H3,(H,16,19)/t12-,13?/m0/s1. The molecule has 0 spiro atoms. The van der Waals surface area contributed by atoms with Gasteiger partial charge in [-0.2, -0.15) is 5.06 Å². The van der Waals surface area contributed by atoms with Crippen molar-refractivity contribution in [3.05, 3.63) is 48.0 Å². The van der Waals surface area contributed by atoms with E-state index < -0.39 is 6.04 Å². The molecule has 1 aromatic carbocycles. The molecule has 1 fully saturated rings. The van der Waals surface area contributed by atoms with E-state index in [9.17, 15) is 9.59 Å². The van der Waals surface area contributed by atoms with E-state index >= 15 is 0 Å². The second kappa shape index (κ2) is 5.21. The average molecular weight is 287 g/mol. The predicted molar refractivity (Wildman–Crippen MR) is 76.1 cm³/mol. The van der Waals surface area contributed by atoms with Crippen LogP contribution in [0.3, 0.4) is 0 Å². The highest BCUT2D eigenvalue weighted by Gasteiger charge is 2.50. The normalized spacial score (nSPS) is 23.0. The lowest BCUT2D eigenvalue weighted by Gasteiger charge is -2.31. The SMILES string of the molecule is C=CCON1C(=O)N2C[C@H]1c1ccccc1C2C(=O)NC. The molecule has 21 heavy (non-hydrogen) atoms. The van der Waals surface area contributed by atoms with Crippen molar-refractivity contribution in [2.24, 2.45) is 0 Å². The number of urea groups is 1. The van der Waals surface area contributed by atoms with Crippen molar-refractivity contribution < 1.29 is 14.4 Å². The molecule has 6 nitrogen and oxygen atoms in total. The van der Waals surface area contributed by atoms with E-state index in [0.29, 0.717) is 6.54 Å². The van der Waals surface area contributed by atoms with E-state index in [1.54, 1.807) is 18.0 Å². The second-order valence-electron chi connectivity index (χ2n) is 5.01. The van der Waals surface area contributed by atoms with Crippen LogP contribution in [0.15, 0.2) is 36.9 Å². The predicted octanol–water partition coefficient (Wildman–Crippen LogP) is 1.38. The number of likely N-dealkylation sites (N-methyl/N-ethyl adjacent to an activating group) is 1. The number of carbonyl (C=O) groups excluding carboxylic acids is 2. The van der Waals surface area contributed by atoms with Gasteiger partial charge in [-0.15, -0.1) is 6.58 Å². The molecule has 2 aliphatic rings. The van der Waals surface area contributed by atoms with Crippen molar-refractivity contribution in [3.8, 4) is 0 Å². The Hall–Kier alpha value is -2.34. The molecule has 3 rings (SSSR count). The Balaban J connectivity index is 2.05. The van der Waals surface area contributed by atoms with Gasteiger partial charge in [-0.05, 0) is 11.1 Å². The maximum atomic E-state index is 12.5. The molecule has 0 aromatic heterocycles. The van der Waals surface area contributed by atoms with Crippen LogP contribution >= 0.6 is 0 Å². The Morgan fingerprint density at radius 2 is 2.19 bits per heavy atom. The maximum Gasteiger partial charge on any atom is 0.345 e. The van der Waals surface area contributed by atoms with Crippen molar-refractivity contribution in [1.29, 1.82) is 0 Å². The van der Waals surface area contributed by atoms with Gasteiger partial charge < -0.3 is 10.2 Å². The van der Waals surface area contributed by atoms with E-state index in [2.05, 4.69) is 11.9 Å². The van der Waals surface area contributed by atoms with Crippen LogP contribution in [0.2, 0.25) is 0 Å². The summed E-state index contributed by atoms with van der Waals surface area (Å²) in [5, 5.41) is 3.98. The molecule has 0 radical (unpaired) electrons. The van der Waals surface area contributed by atoms with Crippen LogP contribution in [0.5, 0.6) is 0 Å². The Morgan fingerprint density at radius 3 is 2.86 bits per heavy atom. The molecule has 2 atom stereocenters. The molecule has 0 saturated carbocycles. The minimum Gasteiger partial charge on any atom is -0.357 e. The number of nitrogens with one attached hydrogen (secondary N) is 1. The molecule has 2 heterocycles. The first-order valence-electron chi connectivity index (χ1n) is 6.83. The number of fused-ring (bicyclic) bond motifs is 4. The second-order valence-corrected chi connectivity index (χ2v) is 5.01. The first kappa shape index (κ1) is 13.6. The third-order valence-corrected chi connectivity index (χ3v) is 3.87. The quantitative estimate of drug-likeness (QED) is 0.851. The summed E-state index contributed by atoms with van der Waals surface area (Å²) in [4.78, 5) is 31.7. The van der Waals surface area contributed by atoms with Crippen LogP contribution in [0.25, 0.3) is 0 Å². The molecule has 2 bridgehead atoms. The number of carbonyl (C=O) groups is 2. The van der Waals surface area contributed by atoms with Crippen molar-refractivity contribution in [2.45, 2.75) is 12.1 Å². The highest BCUT2D eigenvalue weighted by Crippen LogP contribution is 2.43. The van der Waals surface area contributed by atoms with Gasteiger partial charge >= 0.3 is 6.03 Å². The molecular weight excluding hydrogens is 270 g/mol. The number of amides is 3. The van der Waals surface area contributed by atoms with Crippen LogP contribution in [-0.2, 0) is 9.63 Å². The first-order chi connectivity index (χ1) is 10.2. The number of benzene rings is 1. The summed E-state index contributed by atoms with van der Waals surface area (Å²) in [6.45, 7) is 4.29. The summed E-state index contributed by atoms with van der Waals surface area (Å²) in [6.07, 6.45) is 1.59. The molecule has 1 saturated heterocycles. The van der Waals surface area contributed by atoms with Crippen molar-refractivity contribution in [3.63, 3.8) is 0 Å². The number of hydroxylamine groups is 2. The third-order valence-electron chi connectivity index (χ3n) is 3.87. The monoisotopic (exact) mass is 287 g/mol. The number of rotatable bonds is 4. The number of nitrogens with zero attached hydrogens (tertiary/aromatic N) is 2. The van der Waals surface area contributed by atoms with E-state index in [4.69, 9.17) is 4.84 Å². The fraction of sp³-hybridized carbons (Fsp3) is 0.333. The highest BCUT2D eigenvalue weighted by molar-refractivity contribution is 5.90. The van der Waals surface area contributed by atoms with E-state index in [1.807, 2.05) is 24.3 Å². The van der Waals surface area contributed by atoms with Gasteiger partial charge in [0.25, 0.3) is 0 Å². The Kier molecular flexibility index (Phi) is 3.39. The van der Waals surface area contributed by atoms with E-state index in [1.165, 1.54) is 5.06 Å². The first-order valence-corrected chi connectivity index (χ1v) is 6.83. The van der Waals surface area contributed by atoms with Gasteiger partial charge in [-0.1, -0.05) is 30.3 Å². The fourth-order valence-electron chi connectivity index (χ4n) is 2.97. The summed E-state index contributed by atoms with van der Waals surface area (Å²) in [6, 6.07) is 6.53. The topological polar surface area (TPSA) is 61.9 Å². The van der Waals surface area contributed by atoms with Crippen LogP contribution in [0, 0.1) is 0 Å². The number of hydrogen-bond donors (Lipinski definition) is 1. The van der Waals surface area contributed by atoms with Crippen LogP contribution < -0.4 is 5.32 Å². The van der Waals surface area contributed by atoms with Gasteiger partial charge in [0.05, 0.1) is 13.2 Å². The van der Waals surface area contributed by atoms with Crippen molar-refractivity contribution in [1.82, 2.24) is 15.3 Å². The molecule has 2 aliphatic heterocycles. The van der Waals surface area contributed by atoms with Crippen LogP contribution in [-0.4, -0.2) is 42.1 Å². The Bertz CT molecular complexity index is 602. The number of hydrogen-bond acceptors (Lipinski definition) is 3. The third kappa shape index (κ3) is 1.99. The summed E-state index contributed by atoms with van der Waals surface area (Å²) in [5.41, 5.74) is 1.81. The zero-order valence-corrected chi connectivity index (χ0v) is 11.8. The Labute approximate surface area is 122 Å². The molecule has 1 unspecified atom stereocenters. The average Bonchev–Trinajstić information content (AvgIpc) is 2.79. The summed E-state index contributed by atoms with van der Waals surface area (Å²) in [5.74, 6) is -0.195. The molecule has 3 amide bonds. The van der Waals surface area contributed by atoms with Gasteiger partial charge in [-0.3, -0.25) is 9.63 Å². The smallest absolute Gasteiger partial charge is 0.345 e. The summed E-state index contributed by atoms with van der Waals surface area (Å²) >= 11 is 0. The largest absolute Gasteiger partial charge is 0.357 e. The minimum atomic E-state index is -0.604. The lowest BCUT2D eigenvalue weighted by atomic mass is 9.91.